The van der Waals surface area contributed by atoms with Gasteiger partial charge in [-0.2, -0.15) is 0 Å². The first-order valence-corrected chi connectivity index (χ1v) is 40.8. The van der Waals surface area contributed by atoms with Crippen molar-refractivity contribution in [3.05, 3.63) is 85.1 Å². The maximum Gasteiger partial charge on any atom is 0.361 e. The zero-order valence-corrected chi connectivity index (χ0v) is 63.3. The van der Waals surface area contributed by atoms with E-state index in [0.29, 0.717) is 17.4 Å². The Kier molecular flexibility index (Phi) is 73.4. The number of allylic oxidation sites excluding steroid dienone is 14. The number of quaternary nitrogens is 1. The minimum atomic E-state index is -1.51. The molecule has 0 spiro atoms. The third-order valence-corrected chi connectivity index (χ3v) is 18.1. The van der Waals surface area contributed by atoms with Gasteiger partial charge in [-0.05, 0) is 89.9 Å². The van der Waals surface area contributed by atoms with Gasteiger partial charge in [0.2, 0.25) is 0 Å². The first-order chi connectivity index (χ1) is 46.6. The largest absolute Gasteiger partial charge is 0.477 e. The van der Waals surface area contributed by atoms with Gasteiger partial charge in [-0.15, -0.1) is 0 Å². The van der Waals surface area contributed by atoms with Gasteiger partial charge >= 0.3 is 17.9 Å². The number of carbonyl (C=O) groups is 3. The molecule has 0 heterocycles. The van der Waals surface area contributed by atoms with Gasteiger partial charge in [0.15, 0.2) is 6.10 Å². The fourth-order valence-corrected chi connectivity index (χ4v) is 12.0. The van der Waals surface area contributed by atoms with Crippen molar-refractivity contribution >= 4 is 17.9 Å². The Morgan fingerprint density at radius 1 is 0.326 bits per heavy atom. The van der Waals surface area contributed by atoms with E-state index in [1.807, 2.05) is 21.1 Å². The predicted octanol–water partition coefficient (Wildman–Crippen LogP) is 26.2. The lowest BCUT2D eigenvalue weighted by Crippen LogP contribution is -2.40. The minimum Gasteiger partial charge on any atom is -0.477 e. The highest BCUT2D eigenvalue weighted by molar-refractivity contribution is 5.71. The van der Waals surface area contributed by atoms with Crippen LogP contribution in [0.15, 0.2) is 85.1 Å². The van der Waals surface area contributed by atoms with Crippen LogP contribution in [0.25, 0.3) is 0 Å². The lowest BCUT2D eigenvalue weighted by Gasteiger charge is -2.25. The topological polar surface area (TPSA) is 108 Å². The van der Waals surface area contributed by atoms with Crippen LogP contribution in [0.4, 0.5) is 0 Å². The van der Waals surface area contributed by atoms with Gasteiger partial charge in [-0.1, -0.05) is 369 Å². The van der Waals surface area contributed by atoms with Crippen molar-refractivity contribution in [2.24, 2.45) is 0 Å². The molecule has 9 heteroatoms. The van der Waals surface area contributed by atoms with Crippen molar-refractivity contribution in [2.45, 2.75) is 399 Å². The summed E-state index contributed by atoms with van der Waals surface area (Å²) in [6.07, 6.45) is 102. The summed E-state index contributed by atoms with van der Waals surface area (Å²) in [5, 5.41) is 9.78. The maximum atomic E-state index is 13.0. The molecule has 0 bridgehead atoms. The van der Waals surface area contributed by atoms with Gasteiger partial charge in [0.05, 0.1) is 34.4 Å². The van der Waals surface area contributed by atoms with Gasteiger partial charge in [-0.25, -0.2) is 4.79 Å². The first-order valence-electron chi connectivity index (χ1n) is 40.8. The van der Waals surface area contributed by atoms with E-state index in [1.54, 1.807) is 0 Å². The van der Waals surface area contributed by atoms with Crippen LogP contribution >= 0.6 is 0 Å². The van der Waals surface area contributed by atoms with Crippen LogP contribution in [0.2, 0.25) is 0 Å². The molecule has 0 aliphatic heterocycles. The zero-order chi connectivity index (χ0) is 69.0. The van der Waals surface area contributed by atoms with E-state index in [1.165, 1.54) is 283 Å². The zero-order valence-electron chi connectivity index (χ0n) is 63.3. The van der Waals surface area contributed by atoms with E-state index in [-0.39, 0.29) is 38.2 Å². The molecule has 95 heavy (non-hydrogen) atoms. The fraction of sp³-hybridized carbons (Fsp3) is 0.802. The monoisotopic (exact) mass is 1330 g/mol. The van der Waals surface area contributed by atoms with Crippen LogP contribution in [0.3, 0.4) is 0 Å². The quantitative estimate of drug-likeness (QED) is 0.0211. The maximum absolute atomic E-state index is 13.0. The number of esters is 2. The molecular weight excluding hydrogens is 1170 g/mol. The van der Waals surface area contributed by atoms with Crippen molar-refractivity contribution in [3.8, 4) is 0 Å². The Labute approximate surface area is 589 Å². The average Bonchev–Trinajstić information content (AvgIpc) is 3.75. The molecule has 0 aromatic rings. The minimum absolute atomic E-state index is 0.179. The first kappa shape index (κ1) is 91.5. The van der Waals surface area contributed by atoms with Crippen LogP contribution < -0.4 is 0 Å². The van der Waals surface area contributed by atoms with Crippen molar-refractivity contribution in [3.63, 3.8) is 0 Å². The Morgan fingerprint density at radius 2 is 0.600 bits per heavy atom. The van der Waals surface area contributed by atoms with Crippen molar-refractivity contribution in [1.82, 2.24) is 0 Å². The molecule has 1 N–H and O–H groups in total. The molecule has 0 radical (unpaired) electrons. The Bertz CT molecular complexity index is 1840. The fourth-order valence-electron chi connectivity index (χ4n) is 12.0. The molecular formula is C86H156NO8+. The smallest absolute Gasteiger partial charge is 0.361 e. The highest BCUT2D eigenvalue weighted by Gasteiger charge is 2.25. The second kappa shape index (κ2) is 76.2. The van der Waals surface area contributed by atoms with Gasteiger partial charge in [0.25, 0.3) is 6.29 Å². The highest BCUT2D eigenvalue weighted by Crippen LogP contribution is 2.19. The number of unbranched alkanes of at least 4 members (excludes halogenated alkanes) is 47. The van der Waals surface area contributed by atoms with Crippen molar-refractivity contribution < 1.29 is 42.9 Å². The number of nitrogens with zero attached hydrogens (tertiary/aromatic N) is 1. The molecule has 0 saturated carbocycles. The summed E-state index contributed by atoms with van der Waals surface area (Å²) in [4.78, 5) is 37.8. The van der Waals surface area contributed by atoms with Crippen LogP contribution in [0, 0.1) is 0 Å². The molecule has 2 atom stereocenters. The average molecular weight is 1330 g/mol. The molecule has 0 saturated heterocycles. The summed E-state index contributed by atoms with van der Waals surface area (Å²) in [5.74, 6) is -1.98. The summed E-state index contributed by atoms with van der Waals surface area (Å²) < 4.78 is 23.1. The van der Waals surface area contributed by atoms with E-state index in [2.05, 4.69) is 98.9 Å². The molecule has 0 fully saturated rings. The second-order valence-corrected chi connectivity index (χ2v) is 28.7. The summed E-state index contributed by atoms with van der Waals surface area (Å²) >= 11 is 0. The molecule has 0 rings (SSSR count). The van der Waals surface area contributed by atoms with E-state index in [4.69, 9.17) is 18.9 Å². The normalized spacial score (nSPS) is 13.1. The number of rotatable bonds is 76. The van der Waals surface area contributed by atoms with Crippen molar-refractivity contribution in [1.29, 1.82) is 0 Å². The number of likely N-dealkylation sites (N-methyl/N-ethyl adjacent to an activating group) is 1. The number of carbonyl (C=O) groups excluding carboxylic acids is 2. The Hall–Kier alpha value is -3.53. The second-order valence-electron chi connectivity index (χ2n) is 28.7. The predicted molar refractivity (Wildman–Crippen MR) is 410 cm³/mol. The third kappa shape index (κ3) is 77.7. The molecule has 0 aliphatic carbocycles. The van der Waals surface area contributed by atoms with E-state index in [9.17, 15) is 19.5 Å². The standard InChI is InChI=1S/C86H155NO8/c1-6-8-10-12-14-16-18-20-22-24-26-28-30-32-34-36-38-40-41-42-43-45-47-49-51-53-55-57-59-61-63-65-67-69-71-73-75-77-84(89)95-82(81-94-86(85(90)91)92-79-78-87(3,4)5)80-93-83(88)76-74-72-70-68-66-64-62-60-58-56-54-52-50-48-46-44-39-37-35-33-31-29-27-25-23-21-19-17-15-13-11-9-7-2/h8,10,14,16,19-22,25-28,31,33,82,86H,6-7,9,11-13,15,17-18,23-24,29-30,32,34-81H2,1-5H3/p+1/b10-8-,16-14-,21-19-,22-20-,27-25-,28-26-,33-31-. The summed E-state index contributed by atoms with van der Waals surface area (Å²) in [6.45, 7) is 4.81. The lowest BCUT2D eigenvalue weighted by atomic mass is 10.0. The molecule has 0 aromatic carbocycles. The Balaban J connectivity index is 3.98. The molecule has 9 nitrogen and oxygen atoms in total. The van der Waals surface area contributed by atoms with Crippen LogP contribution in [0.1, 0.15) is 386 Å². The van der Waals surface area contributed by atoms with Gasteiger partial charge in [0, 0.05) is 12.8 Å². The third-order valence-electron chi connectivity index (χ3n) is 18.1. The number of hydrogen-bond acceptors (Lipinski definition) is 7. The molecule has 2 unspecified atom stereocenters. The number of carboxylic acid groups (broad SMARTS) is 1. The van der Waals surface area contributed by atoms with Crippen LogP contribution in [-0.4, -0.2) is 87.4 Å². The number of hydrogen-bond donors (Lipinski definition) is 1. The van der Waals surface area contributed by atoms with Crippen LogP contribution in [-0.2, 0) is 33.3 Å². The summed E-state index contributed by atoms with van der Waals surface area (Å²) in [7, 11) is 6.00. The number of ether oxygens (including phenoxy) is 4. The Morgan fingerprint density at radius 3 is 0.895 bits per heavy atom. The SMILES string of the molecule is CC/C=C\C/C=C\C/C=C\C/C=C\CCCCCCCCCCCCCCCCCCCCCCCCCCC(=O)OC(COC(=O)CCCCCCCCCCCCCCCCCCCC/C=C\C/C=C\C/C=C\CCCCCCC)COC(OCC[N+](C)(C)C)C(=O)O. The summed E-state index contributed by atoms with van der Waals surface area (Å²) in [6, 6.07) is 0. The van der Waals surface area contributed by atoms with E-state index >= 15 is 0 Å². The highest BCUT2D eigenvalue weighted by atomic mass is 16.7. The van der Waals surface area contributed by atoms with Crippen LogP contribution in [0.5, 0.6) is 0 Å². The van der Waals surface area contributed by atoms with Gasteiger partial charge < -0.3 is 28.5 Å². The molecule has 552 valence electrons. The number of carboxylic acids is 1. The molecule has 0 amide bonds. The van der Waals surface area contributed by atoms with E-state index < -0.39 is 18.4 Å². The molecule has 0 aliphatic rings. The van der Waals surface area contributed by atoms with Gasteiger partial charge in [-0.3, -0.25) is 9.59 Å². The number of aliphatic carboxylic acids is 1. The lowest BCUT2D eigenvalue weighted by molar-refractivity contribution is -0.870. The molecule has 0 aromatic heterocycles. The van der Waals surface area contributed by atoms with Crippen molar-refractivity contribution in [2.75, 3.05) is 47.5 Å². The van der Waals surface area contributed by atoms with Gasteiger partial charge in [0.1, 0.15) is 13.2 Å². The van der Waals surface area contributed by atoms with E-state index in [0.717, 1.165) is 77.0 Å². The summed E-state index contributed by atoms with van der Waals surface area (Å²) in [5.41, 5.74) is 0.